The molecule has 0 radical (unpaired) electrons. The first-order valence-electron chi connectivity index (χ1n) is 5.24. The van der Waals surface area contributed by atoms with Gasteiger partial charge in [0.05, 0.1) is 5.75 Å². The molecule has 0 saturated heterocycles. The molecule has 0 aliphatic carbocycles. The second-order valence-corrected chi connectivity index (χ2v) is 6.32. The van der Waals surface area contributed by atoms with Gasteiger partial charge in [0.1, 0.15) is 5.75 Å². The van der Waals surface area contributed by atoms with Crippen LogP contribution in [0.1, 0.15) is 10.4 Å². The van der Waals surface area contributed by atoms with Crippen LogP contribution in [0.25, 0.3) is 0 Å². The van der Waals surface area contributed by atoms with Crippen LogP contribution in [0.15, 0.2) is 28.7 Å². The van der Waals surface area contributed by atoms with Crippen molar-refractivity contribution in [1.82, 2.24) is 4.90 Å². The number of hydrogen-bond donors (Lipinski definition) is 0. The third-order valence-corrected chi connectivity index (χ3v) is 3.92. The van der Waals surface area contributed by atoms with Gasteiger partial charge in [0.25, 0.3) is 0 Å². The number of ketones is 1. The number of Topliss-reactive ketones (excluding diaryl/α,β-unsaturated/α-hetero) is 1. The molecular weight excluding hydrogens is 318 g/mol. The molecule has 0 aromatic heterocycles. The average Bonchev–Trinajstić information content (AvgIpc) is 2.29. The number of amides is 1. The van der Waals surface area contributed by atoms with Gasteiger partial charge in [-0.2, -0.15) is 0 Å². The van der Waals surface area contributed by atoms with Crippen molar-refractivity contribution in [2.24, 2.45) is 0 Å². The van der Waals surface area contributed by atoms with Gasteiger partial charge in [-0.25, -0.2) is 0 Å². The molecule has 0 heterocycles. The van der Waals surface area contributed by atoms with E-state index in [9.17, 15) is 13.8 Å². The van der Waals surface area contributed by atoms with Gasteiger partial charge >= 0.3 is 0 Å². The van der Waals surface area contributed by atoms with Gasteiger partial charge in [-0.05, 0) is 12.1 Å². The fourth-order valence-corrected chi connectivity index (χ4v) is 2.54. The van der Waals surface area contributed by atoms with Crippen LogP contribution >= 0.6 is 15.9 Å². The van der Waals surface area contributed by atoms with Crippen LogP contribution in [0.4, 0.5) is 0 Å². The molecule has 0 spiro atoms. The van der Waals surface area contributed by atoms with Gasteiger partial charge in [0.2, 0.25) is 5.91 Å². The van der Waals surface area contributed by atoms with Gasteiger partial charge in [-0.15, -0.1) is 0 Å². The summed E-state index contributed by atoms with van der Waals surface area (Å²) in [6, 6.07) is 6.83. The van der Waals surface area contributed by atoms with Crippen LogP contribution in [-0.2, 0) is 15.6 Å². The van der Waals surface area contributed by atoms with Crippen LogP contribution in [0.3, 0.4) is 0 Å². The zero-order valence-corrected chi connectivity index (χ0v) is 12.6. The van der Waals surface area contributed by atoms with Crippen molar-refractivity contribution >= 4 is 38.4 Å². The molecule has 4 nitrogen and oxygen atoms in total. The Bertz CT molecular complexity index is 471. The van der Waals surface area contributed by atoms with E-state index in [-0.39, 0.29) is 23.2 Å². The Morgan fingerprint density at radius 3 is 2.22 bits per heavy atom. The summed E-state index contributed by atoms with van der Waals surface area (Å²) in [4.78, 5) is 24.5. The van der Waals surface area contributed by atoms with Crippen LogP contribution < -0.4 is 0 Å². The number of halogens is 1. The largest absolute Gasteiger partial charge is 0.348 e. The summed E-state index contributed by atoms with van der Waals surface area (Å²) in [6.45, 7) is 0. The zero-order chi connectivity index (χ0) is 13.7. The van der Waals surface area contributed by atoms with E-state index in [2.05, 4.69) is 15.9 Å². The Hall–Kier alpha value is -1.01. The van der Waals surface area contributed by atoms with E-state index < -0.39 is 10.8 Å². The monoisotopic (exact) mass is 331 g/mol. The average molecular weight is 332 g/mol. The number of carbonyl (C=O) groups is 2. The second-order valence-electron chi connectivity index (χ2n) is 3.95. The lowest BCUT2D eigenvalue weighted by Crippen LogP contribution is -2.29. The van der Waals surface area contributed by atoms with Crippen molar-refractivity contribution in [3.05, 3.63) is 34.3 Å². The van der Waals surface area contributed by atoms with E-state index in [1.807, 2.05) is 0 Å². The summed E-state index contributed by atoms with van der Waals surface area (Å²) in [5.74, 6) is -0.694. The van der Waals surface area contributed by atoms with Crippen LogP contribution in [-0.4, -0.2) is 46.4 Å². The predicted molar refractivity (Wildman–Crippen MR) is 75.0 cm³/mol. The standard InChI is InChI=1S/C12H14BrNO3S/c1-14(2)12(16)8-18(17)7-11(15)9-3-5-10(13)6-4-9/h3-6H,7-8H2,1-2H3. The highest BCUT2D eigenvalue weighted by Crippen LogP contribution is 2.11. The maximum Gasteiger partial charge on any atom is 0.234 e. The van der Waals surface area contributed by atoms with Gasteiger partial charge in [0.15, 0.2) is 5.78 Å². The summed E-state index contributed by atoms with van der Waals surface area (Å²) in [6.07, 6.45) is 0. The van der Waals surface area contributed by atoms with Crippen molar-refractivity contribution in [3.63, 3.8) is 0 Å². The maximum atomic E-state index is 11.8. The Morgan fingerprint density at radius 1 is 1.17 bits per heavy atom. The minimum atomic E-state index is -1.46. The first-order valence-corrected chi connectivity index (χ1v) is 7.52. The molecular formula is C12H14BrNO3S. The fraction of sp³-hybridized carbons (Fsp3) is 0.333. The molecule has 1 atom stereocenters. The van der Waals surface area contributed by atoms with Crippen LogP contribution in [0, 0.1) is 0 Å². The third kappa shape index (κ3) is 4.70. The lowest BCUT2D eigenvalue weighted by Gasteiger charge is -2.09. The molecule has 0 bridgehead atoms. The van der Waals surface area contributed by atoms with Crippen molar-refractivity contribution < 1.29 is 13.8 Å². The second kappa shape index (κ2) is 6.80. The topological polar surface area (TPSA) is 54.5 Å². The predicted octanol–water partition coefficient (Wildman–Crippen LogP) is 1.47. The summed E-state index contributed by atoms with van der Waals surface area (Å²) >= 11 is 3.27. The van der Waals surface area contributed by atoms with Crippen LogP contribution in [0.5, 0.6) is 0 Å². The summed E-state index contributed by atoms with van der Waals surface area (Å²) in [5.41, 5.74) is 0.504. The third-order valence-electron chi connectivity index (χ3n) is 2.24. The molecule has 1 amide bonds. The maximum absolute atomic E-state index is 11.8. The highest BCUT2D eigenvalue weighted by atomic mass is 79.9. The number of hydrogen-bond acceptors (Lipinski definition) is 3. The van der Waals surface area contributed by atoms with Crippen LogP contribution in [0.2, 0.25) is 0 Å². The number of nitrogens with zero attached hydrogens (tertiary/aromatic N) is 1. The van der Waals surface area contributed by atoms with E-state index in [0.717, 1.165) is 4.47 Å². The lowest BCUT2D eigenvalue weighted by molar-refractivity contribution is -0.125. The molecule has 0 aliphatic heterocycles. The van der Waals surface area contributed by atoms with Gasteiger partial charge in [-0.3, -0.25) is 13.8 Å². The van der Waals surface area contributed by atoms with E-state index in [1.54, 1.807) is 38.4 Å². The van der Waals surface area contributed by atoms with E-state index in [4.69, 9.17) is 0 Å². The Morgan fingerprint density at radius 2 is 1.72 bits per heavy atom. The van der Waals surface area contributed by atoms with E-state index in [1.165, 1.54) is 4.90 Å². The molecule has 1 aromatic rings. The molecule has 18 heavy (non-hydrogen) atoms. The van der Waals surface area contributed by atoms with Crippen molar-refractivity contribution in [2.75, 3.05) is 25.6 Å². The number of carbonyl (C=O) groups excluding carboxylic acids is 2. The molecule has 1 aromatic carbocycles. The van der Waals surface area contributed by atoms with E-state index >= 15 is 0 Å². The van der Waals surface area contributed by atoms with Gasteiger partial charge < -0.3 is 4.90 Å². The Balaban J connectivity index is 2.57. The Kier molecular flexibility index (Phi) is 5.68. The first-order chi connectivity index (χ1) is 8.40. The number of benzene rings is 1. The molecule has 98 valence electrons. The SMILES string of the molecule is CN(C)C(=O)CS(=O)CC(=O)c1ccc(Br)cc1. The number of rotatable bonds is 5. The van der Waals surface area contributed by atoms with Crippen molar-refractivity contribution in [3.8, 4) is 0 Å². The molecule has 0 aliphatic rings. The van der Waals surface area contributed by atoms with Crippen molar-refractivity contribution in [1.29, 1.82) is 0 Å². The summed E-state index contributed by atoms with van der Waals surface area (Å²) in [7, 11) is 1.73. The smallest absolute Gasteiger partial charge is 0.234 e. The minimum Gasteiger partial charge on any atom is -0.348 e. The fourth-order valence-electron chi connectivity index (χ4n) is 1.18. The Labute approximate surface area is 117 Å². The van der Waals surface area contributed by atoms with Gasteiger partial charge in [0, 0.05) is 34.9 Å². The van der Waals surface area contributed by atoms with Gasteiger partial charge in [-0.1, -0.05) is 28.1 Å². The lowest BCUT2D eigenvalue weighted by atomic mass is 10.2. The van der Waals surface area contributed by atoms with Crippen molar-refractivity contribution in [2.45, 2.75) is 0 Å². The molecule has 6 heteroatoms. The summed E-state index contributed by atoms with van der Waals surface area (Å²) < 4.78 is 12.5. The first kappa shape index (κ1) is 15.0. The quantitative estimate of drug-likeness (QED) is 0.768. The van der Waals surface area contributed by atoms with E-state index in [0.29, 0.717) is 5.56 Å². The molecule has 1 unspecified atom stereocenters. The highest BCUT2D eigenvalue weighted by Gasteiger charge is 2.14. The molecule has 0 saturated carbocycles. The minimum absolute atomic E-state index is 0.116. The molecule has 0 N–H and O–H groups in total. The summed E-state index contributed by atoms with van der Waals surface area (Å²) in [5, 5.41) is 0. The highest BCUT2D eigenvalue weighted by molar-refractivity contribution is 9.10. The molecule has 0 fully saturated rings. The molecule has 1 rings (SSSR count). The normalized spacial score (nSPS) is 11.9. The zero-order valence-electron chi connectivity index (χ0n) is 10.2.